The van der Waals surface area contributed by atoms with E-state index in [1.54, 1.807) is 6.26 Å². The maximum absolute atomic E-state index is 4.92. The Labute approximate surface area is 180 Å². The van der Waals surface area contributed by atoms with Gasteiger partial charge in [-0.05, 0) is 39.2 Å². The summed E-state index contributed by atoms with van der Waals surface area (Å²) in [6, 6.07) is 2.59. The van der Waals surface area contributed by atoms with Gasteiger partial charge in [0.05, 0.1) is 5.69 Å². The van der Waals surface area contributed by atoms with Crippen molar-refractivity contribution in [3.8, 4) is 0 Å². The second-order valence-electron chi connectivity index (χ2n) is 7.78. The molecule has 0 saturated carbocycles. The number of nitrogens with zero attached hydrogens (tertiary/aromatic N) is 5. The lowest BCUT2D eigenvalue weighted by molar-refractivity contribution is 0.139. The fourth-order valence-corrected chi connectivity index (χ4v) is 3.97. The minimum absolute atomic E-state index is 0. The molecular formula is C19H35IN6O. The third-order valence-corrected chi connectivity index (χ3v) is 5.59. The van der Waals surface area contributed by atoms with Crippen LogP contribution in [-0.4, -0.2) is 84.7 Å². The van der Waals surface area contributed by atoms with Gasteiger partial charge in [0.25, 0.3) is 0 Å². The zero-order valence-electron chi connectivity index (χ0n) is 16.9. The highest BCUT2D eigenvalue weighted by Gasteiger charge is 2.24. The van der Waals surface area contributed by atoms with Crippen LogP contribution in [0.15, 0.2) is 21.8 Å². The minimum atomic E-state index is 0. The van der Waals surface area contributed by atoms with Crippen LogP contribution in [0.5, 0.6) is 0 Å². The van der Waals surface area contributed by atoms with E-state index in [2.05, 4.69) is 44.0 Å². The molecule has 0 bridgehead atoms. The predicted molar refractivity (Wildman–Crippen MR) is 120 cm³/mol. The predicted octanol–water partition coefficient (Wildman–Crippen LogP) is 2.11. The standard InChI is InChI=1S/C19H34N6O.HI/c1-16(2)25-7-4-5-17(14-25)13-21-19(20-3)24-10-8-23(9-11-24)15-18-6-12-26-22-18;/h6,12,16-17H,4-5,7-11,13-15H2,1-3H3,(H,20,21);1H. The number of piperazine rings is 1. The van der Waals surface area contributed by atoms with E-state index in [0.29, 0.717) is 6.04 Å². The van der Waals surface area contributed by atoms with Gasteiger partial charge in [-0.25, -0.2) is 0 Å². The fourth-order valence-electron chi connectivity index (χ4n) is 3.97. The van der Waals surface area contributed by atoms with Crippen LogP contribution in [0.25, 0.3) is 0 Å². The summed E-state index contributed by atoms with van der Waals surface area (Å²) in [5, 5.41) is 7.64. The first kappa shape index (κ1) is 22.4. The summed E-state index contributed by atoms with van der Waals surface area (Å²) in [7, 11) is 1.89. The maximum Gasteiger partial charge on any atom is 0.193 e. The molecule has 27 heavy (non-hydrogen) atoms. The zero-order valence-corrected chi connectivity index (χ0v) is 19.3. The second-order valence-corrected chi connectivity index (χ2v) is 7.78. The first-order chi connectivity index (χ1) is 12.7. The highest BCUT2D eigenvalue weighted by Crippen LogP contribution is 2.18. The van der Waals surface area contributed by atoms with E-state index in [-0.39, 0.29) is 24.0 Å². The SMILES string of the molecule is CN=C(NCC1CCCN(C(C)C)C1)N1CCN(Cc2ccon2)CC1.I. The van der Waals surface area contributed by atoms with E-state index in [4.69, 9.17) is 4.52 Å². The zero-order chi connectivity index (χ0) is 18.4. The third-order valence-electron chi connectivity index (χ3n) is 5.59. The van der Waals surface area contributed by atoms with Crippen LogP contribution in [0, 0.1) is 5.92 Å². The largest absolute Gasteiger partial charge is 0.364 e. The van der Waals surface area contributed by atoms with Crippen molar-refractivity contribution in [2.75, 3.05) is 52.9 Å². The Balaban J connectivity index is 0.00000261. The van der Waals surface area contributed by atoms with Crippen LogP contribution in [-0.2, 0) is 6.54 Å². The van der Waals surface area contributed by atoms with Gasteiger partial charge in [-0.15, -0.1) is 24.0 Å². The second kappa shape index (κ2) is 11.2. The Hall–Kier alpha value is -0.870. The normalized spacial score (nSPS) is 22.7. The highest BCUT2D eigenvalue weighted by molar-refractivity contribution is 14.0. The Bertz CT molecular complexity index is 557. The van der Waals surface area contributed by atoms with Gasteiger partial charge in [0, 0.05) is 65.0 Å². The molecule has 154 valence electrons. The first-order valence-electron chi connectivity index (χ1n) is 9.97. The average molecular weight is 490 g/mol. The van der Waals surface area contributed by atoms with Crippen molar-refractivity contribution >= 4 is 29.9 Å². The molecule has 1 atom stereocenters. The fraction of sp³-hybridized carbons (Fsp3) is 0.789. The molecule has 0 amide bonds. The van der Waals surface area contributed by atoms with Gasteiger partial charge in [-0.3, -0.25) is 9.89 Å². The number of hydrogen-bond acceptors (Lipinski definition) is 5. The molecule has 0 radical (unpaired) electrons. The summed E-state index contributed by atoms with van der Waals surface area (Å²) < 4.78 is 4.92. The number of guanidine groups is 1. The lowest BCUT2D eigenvalue weighted by Gasteiger charge is -2.38. The van der Waals surface area contributed by atoms with Crippen molar-refractivity contribution in [2.45, 2.75) is 39.3 Å². The summed E-state index contributed by atoms with van der Waals surface area (Å²) >= 11 is 0. The monoisotopic (exact) mass is 490 g/mol. The topological polar surface area (TPSA) is 60.1 Å². The molecule has 0 aliphatic carbocycles. The summed E-state index contributed by atoms with van der Waals surface area (Å²) in [6.45, 7) is 13.0. The van der Waals surface area contributed by atoms with Crippen LogP contribution in [0.4, 0.5) is 0 Å². The van der Waals surface area contributed by atoms with Gasteiger partial charge < -0.3 is 19.6 Å². The van der Waals surface area contributed by atoms with E-state index >= 15 is 0 Å². The molecule has 3 rings (SSSR count). The first-order valence-corrected chi connectivity index (χ1v) is 9.97. The molecule has 2 saturated heterocycles. The number of likely N-dealkylation sites (tertiary alicyclic amines) is 1. The van der Waals surface area contributed by atoms with Gasteiger partial charge in [-0.1, -0.05) is 5.16 Å². The Morgan fingerprint density at radius 3 is 2.70 bits per heavy atom. The molecule has 1 aromatic rings. The lowest BCUT2D eigenvalue weighted by Crippen LogP contribution is -2.53. The maximum atomic E-state index is 4.92. The number of aliphatic imine (C=N–C) groups is 1. The number of halogens is 1. The summed E-state index contributed by atoms with van der Waals surface area (Å²) in [5.41, 5.74) is 1.01. The molecule has 0 spiro atoms. The molecule has 8 heteroatoms. The van der Waals surface area contributed by atoms with Crippen LogP contribution >= 0.6 is 24.0 Å². The van der Waals surface area contributed by atoms with Crippen molar-refractivity contribution < 1.29 is 4.52 Å². The third kappa shape index (κ3) is 6.60. The number of aromatic nitrogens is 1. The molecule has 1 unspecified atom stereocenters. The van der Waals surface area contributed by atoms with Crippen molar-refractivity contribution in [3.05, 3.63) is 18.0 Å². The molecule has 1 aromatic heterocycles. The molecule has 0 aromatic carbocycles. The molecular weight excluding hydrogens is 455 g/mol. The quantitative estimate of drug-likeness (QED) is 0.388. The number of piperidine rings is 1. The van der Waals surface area contributed by atoms with Crippen molar-refractivity contribution in [1.29, 1.82) is 0 Å². The molecule has 2 fully saturated rings. The Morgan fingerprint density at radius 2 is 2.07 bits per heavy atom. The summed E-state index contributed by atoms with van der Waals surface area (Å²) in [6.07, 6.45) is 4.27. The van der Waals surface area contributed by atoms with E-state index < -0.39 is 0 Å². The van der Waals surface area contributed by atoms with E-state index in [1.165, 1.54) is 25.9 Å². The molecule has 1 N–H and O–H groups in total. The van der Waals surface area contributed by atoms with Gasteiger partial charge in [0.1, 0.15) is 6.26 Å². The lowest BCUT2D eigenvalue weighted by atomic mass is 9.97. The average Bonchev–Trinajstić information content (AvgIpc) is 3.17. The van der Waals surface area contributed by atoms with E-state index in [0.717, 1.165) is 56.8 Å². The van der Waals surface area contributed by atoms with E-state index in [1.807, 2.05) is 13.1 Å². The Morgan fingerprint density at radius 1 is 1.30 bits per heavy atom. The van der Waals surface area contributed by atoms with Gasteiger partial charge >= 0.3 is 0 Å². The number of rotatable bonds is 5. The van der Waals surface area contributed by atoms with Crippen molar-refractivity contribution in [1.82, 2.24) is 25.2 Å². The summed E-state index contributed by atoms with van der Waals surface area (Å²) in [4.78, 5) is 11.9. The highest BCUT2D eigenvalue weighted by atomic mass is 127. The van der Waals surface area contributed by atoms with Crippen LogP contribution in [0.3, 0.4) is 0 Å². The molecule has 7 nitrogen and oxygen atoms in total. The van der Waals surface area contributed by atoms with Crippen molar-refractivity contribution in [3.63, 3.8) is 0 Å². The summed E-state index contributed by atoms with van der Waals surface area (Å²) in [5.74, 6) is 1.77. The molecule has 2 aliphatic rings. The van der Waals surface area contributed by atoms with Crippen LogP contribution in [0.1, 0.15) is 32.4 Å². The number of hydrogen-bond donors (Lipinski definition) is 1. The van der Waals surface area contributed by atoms with Gasteiger partial charge in [0.15, 0.2) is 5.96 Å². The van der Waals surface area contributed by atoms with Crippen LogP contribution in [0.2, 0.25) is 0 Å². The van der Waals surface area contributed by atoms with Crippen LogP contribution < -0.4 is 5.32 Å². The minimum Gasteiger partial charge on any atom is -0.364 e. The smallest absolute Gasteiger partial charge is 0.193 e. The van der Waals surface area contributed by atoms with Crippen molar-refractivity contribution in [2.24, 2.45) is 10.9 Å². The van der Waals surface area contributed by atoms with Gasteiger partial charge in [0.2, 0.25) is 0 Å². The van der Waals surface area contributed by atoms with E-state index in [9.17, 15) is 0 Å². The Kier molecular flexibility index (Phi) is 9.31. The van der Waals surface area contributed by atoms with Gasteiger partial charge in [-0.2, -0.15) is 0 Å². The molecule has 2 aliphatic heterocycles. The molecule has 3 heterocycles. The number of nitrogens with one attached hydrogen (secondary N) is 1.